The molecule has 7 heteroatoms. The largest absolute Gasteiger partial charge is 0.325 e. The lowest BCUT2D eigenvalue weighted by Crippen LogP contribution is -2.12. The van der Waals surface area contributed by atoms with E-state index in [2.05, 4.69) is 10.3 Å². The molecule has 0 radical (unpaired) electrons. The number of sulfone groups is 1. The molecule has 1 aromatic heterocycles. The Hall–Kier alpha value is -1.14. The minimum absolute atomic E-state index is 0.0251. The molecule has 0 aliphatic heterocycles. The van der Waals surface area contributed by atoms with Crippen LogP contribution in [0.25, 0.3) is 0 Å². The zero-order valence-electron chi connectivity index (χ0n) is 8.60. The zero-order chi connectivity index (χ0) is 12.2. The maximum atomic E-state index is 11.2. The Balaban J connectivity index is 2.76. The molecule has 0 unspecified atom stereocenters. The second-order valence-corrected chi connectivity index (χ2v) is 5.49. The molecule has 0 bridgehead atoms. The summed E-state index contributed by atoms with van der Waals surface area (Å²) in [5.74, 6) is 0.00430. The molecule has 0 saturated carbocycles. The molecule has 0 saturated heterocycles. The molecule has 0 aliphatic rings. The number of rotatable bonds is 4. The van der Waals surface area contributed by atoms with Crippen LogP contribution in [0, 0.1) is 0 Å². The van der Waals surface area contributed by atoms with Crippen molar-refractivity contribution in [1.29, 1.82) is 0 Å². The van der Waals surface area contributed by atoms with Crippen LogP contribution < -0.4 is 5.32 Å². The number of nitrogens with one attached hydrogen (secondary N) is 1. The second-order valence-electron chi connectivity index (χ2n) is 3.14. The lowest BCUT2D eigenvalue weighted by molar-refractivity contribution is -0.115. The number of amides is 1. The molecule has 0 aliphatic carbocycles. The van der Waals surface area contributed by atoms with Crippen molar-refractivity contribution < 1.29 is 13.2 Å². The number of carbonyl (C=O) groups is 1. The van der Waals surface area contributed by atoms with Gasteiger partial charge < -0.3 is 5.32 Å². The molecule has 1 aromatic rings. The molecule has 0 spiro atoms. The van der Waals surface area contributed by atoms with Gasteiger partial charge in [-0.2, -0.15) is 0 Å². The fourth-order valence-electron chi connectivity index (χ4n) is 0.983. The molecule has 0 aromatic carbocycles. The van der Waals surface area contributed by atoms with Crippen LogP contribution in [0.2, 0.25) is 0 Å². The first-order valence-corrected chi connectivity index (χ1v) is 6.88. The number of alkyl halides is 1. The third kappa shape index (κ3) is 3.79. The fraction of sp³-hybridized carbons (Fsp3) is 0.333. The summed E-state index contributed by atoms with van der Waals surface area (Å²) in [4.78, 5) is 14.9. The van der Waals surface area contributed by atoms with E-state index in [0.717, 1.165) is 6.26 Å². The smallest absolute Gasteiger partial charge is 0.225 e. The molecule has 5 nitrogen and oxygen atoms in total. The van der Waals surface area contributed by atoms with Crippen LogP contribution >= 0.6 is 11.6 Å². The number of hydrogen-bond acceptors (Lipinski definition) is 4. The summed E-state index contributed by atoms with van der Waals surface area (Å²) in [5, 5.41) is 2.52. The third-order valence-corrected chi connectivity index (χ3v) is 2.91. The summed E-state index contributed by atoms with van der Waals surface area (Å²) < 4.78 is 22.2. The van der Waals surface area contributed by atoms with E-state index in [1.165, 1.54) is 18.3 Å². The Morgan fingerprint density at radius 1 is 1.50 bits per heavy atom. The number of nitrogens with zero attached hydrogens (tertiary/aromatic N) is 1. The average molecular weight is 263 g/mol. The highest BCUT2D eigenvalue weighted by Crippen LogP contribution is 2.10. The minimum atomic E-state index is -3.30. The maximum absolute atomic E-state index is 11.2. The van der Waals surface area contributed by atoms with Gasteiger partial charge in [-0.3, -0.25) is 4.79 Å². The van der Waals surface area contributed by atoms with Crippen molar-refractivity contribution in [3.63, 3.8) is 0 Å². The van der Waals surface area contributed by atoms with Gasteiger partial charge >= 0.3 is 0 Å². The predicted octanol–water partition coefficient (Wildman–Crippen LogP) is 1.05. The van der Waals surface area contributed by atoms with Gasteiger partial charge in [-0.25, -0.2) is 13.4 Å². The van der Waals surface area contributed by atoms with Crippen molar-refractivity contribution >= 4 is 33.0 Å². The summed E-state index contributed by atoms with van der Waals surface area (Å²) in [6.45, 7) is 0. The predicted molar refractivity (Wildman–Crippen MR) is 61.3 cm³/mol. The fourth-order valence-corrected chi connectivity index (χ4v) is 1.71. The van der Waals surface area contributed by atoms with Crippen LogP contribution in [0.5, 0.6) is 0 Å². The van der Waals surface area contributed by atoms with Crippen LogP contribution in [-0.2, 0) is 14.6 Å². The van der Waals surface area contributed by atoms with E-state index >= 15 is 0 Å². The normalized spacial score (nSPS) is 11.1. The molecule has 16 heavy (non-hydrogen) atoms. The lowest BCUT2D eigenvalue weighted by Gasteiger charge is -2.03. The molecule has 1 amide bonds. The second kappa shape index (κ2) is 5.27. The van der Waals surface area contributed by atoms with Crippen LogP contribution in [-0.4, -0.2) is 31.4 Å². The van der Waals surface area contributed by atoms with Crippen molar-refractivity contribution in [1.82, 2.24) is 4.98 Å². The highest BCUT2D eigenvalue weighted by molar-refractivity contribution is 7.90. The van der Waals surface area contributed by atoms with Gasteiger partial charge in [0.1, 0.15) is 0 Å². The van der Waals surface area contributed by atoms with Gasteiger partial charge in [0.15, 0.2) is 14.9 Å². The van der Waals surface area contributed by atoms with E-state index in [1.807, 2.05) is 0 Å². The Bertz CT molecular complexity index is 470. The summed E-state index contributed by atoms with van der Waals surface area (Å²) in [7, 11) is -3.30. The molecular formula is C9H11ClN2O3S. The van der Waals surface area contributed by atoms with Gasteiger partial charge in [0.25, 0.3) is 0 Å². The number of pyridine rings is 1. The Morgan fingerprint density at radius 2 is 2.19 bits per heavy atom. The van der Waals surface area contributed by atoms with Crippen molar-refractivity contribution in [2.45, 2.75) is 11.4 Å². The molecule has 0 atom stereocenters. The van der Waals surface area contributed by atoms with E-state index in [9.17, 15) is 13.2 Å². The SMILES string of the molecule is CS(=O)(=O)c1ccc(NC(=O)CCCl)cn1. The molecule has 88 valence electrons. The van der Waals surface area contributed by atoms with Crippen molar-refractivity contribution in [3.05, 3.63) is 18.3 Å². The quantitative estimate of drug-likeness (QED) is 0.823. The van der Waals surface area contributed by atoms with Crippen LogP contribution in [0.15, 0.2) is 23.4 Å². The standard InChI is InChI=1S/C9H11ClN2O3S/c1-16(14,15)9-3-2-7(6-11-9)12-8(13)4-5-10/h2-3,6H,4-5H2,1H3,(H,12,13). The van der Waals surface area contributed by atoms with E-state index in [1.54, 1.807) is 0 Å². The topological polar surface area (TPSA) is 76.1 Å². The van der Waals surface area contributed by atoms with Gasteiger partial charge in [0, 0.05) is 18.6 Å². The third-order valence-electron chi connectivity index (χ3n) is 1.72. The van der Waals surface area contributed by atoms with Gasteiger partial charge in [-0.1, -0.05) is 0 Å². The highest BCUT2D eigenvalue weighted by Gasteiger charge is 2.08. The summed E-state index contributed by atoms with van der Waals surface area (Å²) >= 11 is 5.39. The van der Waals surface area contributed by atoms with E-state index < -0.39 is 9.84 Å². The highest BCUT2D eigenvalue weighted by atomic mass is 35.5. The first kappa shape index (κ1) is 12.9. The maximum Gasteiger partial charge on any atom is 0.225 e. The molecule has 1 heterocycles. The molecule has 1 N–H and O–H groups in total. The Kier molecular flexibility index (Phi) is 4.26. The Labute approximate surface area is 98.8 Å². The van der Waals surface area contributed by atoms with Crippen LogP contribution in [0.1, 0.15) is 6.42 Å². The van der Waals surface area contributed by atoms with Crippen molar-refractivity contribution in [3.8, 4) is 0 Å². The van der Waals surface area contributed by atoms with Gasteiger partial charge in [0.2, 0.25) is 5.91 Å². The average Bonchev–Trinajstić information content (AvgIpc) is 2.17. The van der Waals surface area contributed by atoms with Crippen LogP contribution in [0.3, 0.4) is 0 Å². The monoisotopic (exact) mass is 262 g/mol. The number of carbonyl (C=O) groups excluding carboxylic acids is 1. The van der Waals surface area contributed by atoms with Gasteiger partial charge in [-0.05, 0) is 12.1 Å². The van der Waals surface area contributed by atoms with Gasteiger partial charge in [0.05, 0.1) is 11.9 Å². The number of aromatic nitrogens is 1. The number of anilines is 1. The van der Waals surface area contributed by atoms with Crippen molar-refractivity contribution in [2.75, 3.05) is 17.5 Å². The molecule has 1 rings (SSSR count). The van der Waals surface area contributed by atoms with Gasteiger partial charge in [-0.15, -0.1) is 11.6 Å². The summed E-state index contributed by atoms with van der Waals surface area (Å²) in [6.07, 6.45) is 2.57. The number of halogens is 1. The lowest BCUT2D eigenvalue weighted by atomic mass is 10.4. The van der Waals surface area contributed by atoms with E-state index in [0.29, 0.717) is 5.69 Å². The minimum Gasteiger partial charge on any atom is -0.325 e. The molecular weight excluding hydrogens is 252 g/mol. The first-order chi connectivity index (χ1) is 7.43. The Morgan fingerprint density at radius 3 is 2.62 bits per heavy atom. The van der Waals surface area contributed by atoms with E-state index in [-0.39, 0.29) is 23.2 Å². The molecule has 0 fully saturated rings. The first-order valence-electron chi connectivity index (χ1n) is 4.45. The van der Waals surface area contributed by atoms with Crippen LogP contribution in [0.4, 0.5) is 5.69 Å². The summed E-state index contributed by atoms with van der Waals surface area (Å²) in [6, 6.07) is 2.82. The summed E-state index contributed by atoms with van der Waals surface area (Å²) in [5.41, 5.74) is 0.447. The zero-order valence-corrected chi connectivity index (χ0v) is 10.2. The van der Waals surface area contributed by atoms with E-state index in [4.69, 9.17) is 11.6 Å². The number of hydrogen-bond donors (Lipinski definition) is 1. The van der Waals surface area contributed by atoms with Crippen molar-refractivity contribution in [2.24, 2.45) is 0 Å².